The van der Waals surface area contributed by atoms with E-state index in [1.54, 1.807) is 18.2 Å². The Bertz CT molecular complexity index is 760. The summed E-state index contributed by atoms with van der Waals surface area (Å²) in [4.78, 5) is 4.41. The van der Waals surface area contributed by atoms with Crippen LogP contribution in [-0.4, -0.2) is 4.98 Å². The Morgan fingerprint density at radius 2 is 1.90 bits per heavy atom. The lowest BCUT2D eigenvalue weighted by Crippen LogP contribution is -1.92. The maximum Gasteiger partial charge on any atom is 0.220 e. The van der Waals surface area contributed by atoms with E-state index in [0.29, 0.717) is 17.5 Å². The number of nitrogens with zero attached hydrogens (tertiary/aromatic N) is 1. The van der Waals surface area contributed by atoms with Gasteiger partial charge < -0.3 is 4.74 Å². The maximum absolute atomic E-state index is 13.1. The van der Waals surface area contributed by atoms with E-state index in [4.69, 9.17) is 16.3 Å². The van der Waals surface area contributed by atoms with Gasteiger partial charge in [0, 0.05) is 23.4 Å². The maximum atomic E-state index is 13.1. The van der Waals surface area contributed by atoms with Crippen molar-refractivity contribution in [2.45, 2.75) is 5.88 Å². The average molecular weight is 288 g/mol. The van der Waals surface area contributed by atoms with E-state index in [0.717, 1.165) is 16.5 Å². The predicted molar refractivity (Wildman–Crippen MR) is 77.8 cm³/mol. The molecule has 0 fully saturated rings. The number of para-hydroxylation sites is 1. The largest absolute Gasteiger partial charge is 0.439 e. The lowest BCUT2D eigenvalue weighted by molar-refractivity contribution is 0.460. The quantitative estimate of drug-likeness (QED) is 0.639. The van der Waals surface area contributed by atoms with Crippen molar-refractivity contribution in [2.24, 2.45) is 0 Å². The summed E-state index contributed by atoms with van der Waals surface area (Å²) in [5.41, 5.74) is 1.74. The first-order valence-electron chi connectivity index (χ1n) is 6.14. The molecule has 20 heavy (non-hydrogen) atoms. The summed E-state index contributed by atoms with van der Waals surface area (Å²) in [7, 11) is 0. The van der Waals surface area contributed by atoms with Gasteiger partial charge in [0.2, 0.25) is 5.88 Å². The summed E-state index contributed by atoms with van der Waals surface area (Å²) < 4.78 is 18.7. The third kappa shape index (κ3) is 2.58. The molecule has 0 bridgehead atoms. The summed E-state index contributed by atoms with van der Waals surface area (Å²) in [6.45, 7) is 0. The van der Waals surface area contributed by atoms with Gasteiger partial charge in [0.1, 0.15) is 11.6 Å². The molecule has 4 heteroatoms. The van der Waals surface area contributed by atoms with Gasteiger partial charge in [-0.05, 0) is 23.8 Å². The molecule has 0 aliphatic heterocycles. The standard InChI is InChI=1S/C16H11ClFNO/c17-10-11-8-16(19-15-7-2-1-6-14(11)15)20-13-5-3-4-12(18)9-13/h1-9H,10H2. The molecule has 0 spiro atoms. The van der Waals surface area contributed by atoms with Crippen molar-refractivity contribution in [1.82, 2.24) is 4.98 Å². The van der Waals surface area contributed by atoms with Crippen LogP contribution in [-0.2, 0) is 5.88 Å². The summed E-state index contributed by atoms with van der Waals surface area (Å²) >= 11 is 5.96. The molecule has 0 radical (unpaired) electrons. The fourth-order valence-electron chi connectivity index (χ4n) is 2.03. The molecule has 2 aromatic carbocycles. The van der Waals surface area contributed by atoms with Gasteiger partial charge in [-0.25, -0.2) is 9.37 Å². The molecule has 0 saturated heterocycles. The minimum absolute atomic E-state index is 0.346. The highest BCUT2D eigenvalue weighted by Gasteiger charge is 2.07. The van der Waals surface area contributed by atoms with Crippen LogP contribution < -0.4 is 4.74 Å². The fourth-order valence-corrected chi connectivity index (χ4v) is 2.26. The fraction of sp³-hybridized carbons (Fsp3) is 0.0625. The predicted octanol–water partition coefficient (Wildman–Crippen LogP) is 4.91. The van der Waals surface area contributed by atoms with Gasteiger partial charge in [0.25, 0.3) is 0 Å². The number of pyridine rings is 1. The van der Waals surface area contributed by atoms with Gasteiger partial charge in [-0.15, -0.1) is 11.6 Å². The van der Waals surface area contributed by atoms with Gasteiger partial charge in [0.05, 0.1) is 5.52 Å². The Labute approximate surface area is 120 Å². The molecule has 2 nitrogen and oxygen atoms in total. The normalized spacial score (nSPS) is 10.7. The molecule has 3 aromatic rings. The van der Waals surface area contributed by atoms with Crippen LogP contribution in [0.5, 0.6) is 11.6 Å². The zero-order valence-electron chi connectivity index (χ0n) is 10.5. The minimum Gasteiger partial charge on any atom is -0.439 e. The third-order valence-electron chi connectivity index (χ3n) is 2.94. The second-order valence-corrected chi connectivity index (χ2v) is 4.60. The SMILES string of the molecule is Fc1cccc(Oc2cc(CCl)c3ccccc3n2)c1. The summed E-state index contributed by atoms with van der Waals surface area (Å²) in [5, 5.41) is 0.995. The zero-order valence-corrected chi connectivity index (χ0v) is 11.3. The highest BCUT2D eigenvalue weighted by Crippen LogP contribution is 2.26. The number of alkyl halides is 1. The van der Waals surface area contributed by atoms with Crippen molar-refractivity contribution < 1.29 is 9.13 Å². The third-order valence-corrected chi connectivity index (χ3v) is 3.23. The topological polar surface area (TPSA) is 22.1 Å². The second kappa shape index (κ2) is 5.47. The number of ether oxygens (including phenoxy) is 1. The van der Waals surface area contributed by atoms with Crippen LogP contribution in [0, 0.1) is 5.82 Å². The number of rotatable bonds is 3. The second-order valence-electron chi connectivity index (χ2n) is 4.33. The van der Waals surface area contributed by atoms with E-state index in [1.807, 2.05) is 24.3 Å². The first kappa shape index (κ1) is 12.9. The molecule has 1 heterocycles. The Morgan fingerprint density at radius 3 is 2.70 bits per heavy atom. The summed E-state index contributed by atoms with van der Waals surface area (Å²) in [5.74, 6) is 0.835. The van der Waals surface area contributed by atoms with Crippen molar-refractivity contribution in [3.63, 3.8) is 0 Å². The molecule has 0 amide bonds. The van der Waals surface area contributed by atoms with Gasteiger partial charge in [-0.1, -0.05) is 24.3 Å². The summed E-state index contributed by atoms with van der Waals surface area (Å²) in [6, 6.07) is 15.4. The van der Waals surface area contributed by atoms with Crippen LogP contribution in [0.1, 0.15) is 5.56 Å². The van der Waals surface area contributed by atoms with E-state index in [9.17, 15) is 4.39 Å². The van der Waals surface area contributed by atoms with E-state index in [1.165, 1.54) is 12.1 Å². The molecule has 1 aromatic heterocycles. The monoisotopic (exact) mass is 287 g/mol. The number of hydrogen-bond acceptors (Lipinski definition) is 2. The number of halogens is 2. The Morgan fingerprint density at radius 1 is 1.05 bits per heavy atom. The lowest BCUT2D eigenvalue weighted by Gasteiger charge is -2.09. The molecular weight excluding hydrogens is 277 g/mol. The molecule has 0 aliphatic rings. The highest BCUT2D eigenvalue weighted by atomic mass is 35.5. The van der Waals surface area contributed by atoms with Crippen LogP contribution in [0.4, 0.5) is 4.39 Å². The number of benzene rings is 2. The molecular formula is C16H11ClFNO. The smallest absolute Gasteiger partial charge is 0.220 e. The molecule has 3 rings (SSSR count). The van der Waals surface area contributed by atoms with Crippen LogP contribution >= 0.6 is 11.6 Å². The minimum atomic E-state index is -0.346. The molecule has 100 valence electrons. The van der Waals surface area contributed by atoms with Crippen LogP contribution in [0.2, 0.25) is 0 Å². The van der Waals surface area contributed by atoms with Gasteiger partial charge in [-0.3, -0.25) is 0 Å². The molecule has 0 unspecified atom stereocenters. The van der Waals surface area contributed by atoms with Crippen molar-refractivity contribution in [1.29, 1.82) is 0 Å². The first-order valence-corrected chi connectivity index (χ1v) is 6.68. The van der Waals surface area contributed by atoms with E-state index < -0.39 is 0 Å². The van der Waals surface area contributed by atoms with Gasteiger partial charge in [0.15, 0.2) is 0 Å². The van der Waals surface area contributed by atoms with Crippen LogP contribution in [0.3, 0.4) is 0 Å². The van der Waals surface area contributed by atoms with Gasteiger partial charge >= 0.3 is 0 Å². The molecule has 0 saturated carbocycles. The van der Waals surface area contributed by atoms with Crippen molar-refractivity contribution >= 4 is 22.5 Å². The van der Waals surface area contributed by atoms with E-state index in [2.05, 4.69) is 4.98 Å². The zero-order chi connectivity index (χ0) is 13.9. The molecule has 0 aliphatic carbocycles. The molecule has 0 atom stereocenters. The van der Waals surface area contributed by atoms with Crippen LogP contribution in [0.15, 0.2) is 54.6 Å². The van der Waals surface area contributed by atoms with Crippen molar-refractivity contribution in [3.8, 4) is 11.6 Å². The van der Waals surface area contributed by atoms with Crippen molar-refractivity contribution in [2.75, 3.05) is 0 Å². The number of fused-ring (bicyclic) bond motifs is 1. The Hall–Kier alpha value is -2.13. The highest BCUT2D eigenvalue weighted by molar-refractivity contribution is 6.18. The van der Waals surface area contributed by atoms with Crippen LogP contribution in [0.25, 0.3) is 10.9 Å². The average Bonchev–Trinajstić information content (AvgIpc) is 2.46. The van der Waals surface area contributed by atoms with E-state index in [-0.39, 0.29) is 5.82 Å². The van der Waals surface area contributed by atoms with Crippen molar-refractivity contribution in [3.05, 3.63) is 66.0 Å². The lowest BCUT2D eigenvalue weighted by atomic mass is 10.1. The number of hydrogen-bond donors (Lipinski definition) is 0. The van der Waals surface area contributed by atoms with E-state index >= 15 is 0 Å². The Kier molecular flexibility index (Phi) is 3.52. The number of aromatic nitrogens is 1. The summed E-state index contributed by atoms with van der Waals surface area (Å²) in [6.07, 6.45) is 0. The molecule has 0 N–H and O–H groups in total. The Balaban J connectivity index is 2.03. The van der Waals surface area contributed by atoms with Gasteiger partial charge in [-0.2, -0.15) is 0 Å². The first-order chi connectivity index (χ1) is 9.76.